The molecule has 0 bridgehead atoms. The van der Waals surface area contributed by atoms with E-state index in [2.05, 4.69) is 37.2 Å². The number of hydrogen-bond donors (Lipinski definition) is 12. The molecule has 2 aromatic rings. The Kier molecular flexibility index (Phi) is 22.9. The number of nitrogens with two attached hydrogens (primary N) is 4. The summed E-state index contributed by atoms with van der Waals surface area (Å²) in [5.41, 5.74) is 22.9. The van der Waals surface area contributed by atoms with Gasteiger partial charge in [-0.25, -0.2) is 0 Å². The van der Waals surface area contributed by atoms with Crippen molar-refractivity contribution in [2.24, 2.45) is 22.9 Å². The molecule has 0 saturated carbocycles. The smallest absolute Gasteiger partial charge is 0.246 e. The van der Waals surface area contributed by atoms with Crippen molar-refractivity contribution in [2.45, 2.75) is 107 Å². The van der Waals surface area contributed by atoms with Crippen molar-refractivity contribution in [3.05, 3.63) is 65.7 Å². The monoisotopic (exact) mass is 1030 g/mol. The zero-order chi connectivity index (χ0) is 52.0. The number of phenols is 1. The number of nitrogens with zero attached hydrogens (tertiary/aromatic N) is 1. The van der Waals surface area contributed by atoms with Gasteiger partial charge in [-0.1, -0.05) is 64.1 Å². The molecule has 0 aliphatic carbocycles. The highest BCUT2D eigenvalue weighted by atomic mass is 33.1. The van der Waals surface area contributed by atoms with Gasteiger partial charge < -0.3 is 70.2 Å². The standard InChI is InChI=1S/C45H62N12O12S2/c46-17-4-8-28(39(63)50-23-37(49)61)53-44(68)34-9-5-18-57(34)45(69)33-24-71-70-19-16-38(62)51-30(21-26-10-12-27(58)13-11-26)41(65)54-31(20-25-6-2-1-3-7-25)42(66)52-29(14-15-35(47)59)40(64)55-32(22-36(48)60)43(67)56-33/h1-3,6-7,10-13,28-34,58H,4-5,8-9,14-24,46H2,(H2,47,59)(H2,48,60)(H2,49,61)(H,50,63)(H,51,62)(H,52,66)(H,53,68)(H,54,65)(H,55,64)(H,56,67)/t28-,29-,30-,31-,32-,33-,34-/m0/s1. The molecule has 24 nitrogen and oxygen atoms in total. The summed E-state index contributed by atoms with van der Waals surface area (Å²) in [6.07, 6.45) is -1.04. The Balaban J connectivity index is 1.69. The van der Waals surface area contributed by atoms with Gasteiger partial charge in [0.25, 0.3) is 0 Å². The van der Waals surface area contributed by atoms with Crippen molar-refractivity contribution in [1.82, 2.24) is 42.1 Å². The highest BCUT2D eigenvalue weighted by Gasteiger charge is 2.40. The number of likely N-dealkylation sites (tertiary alicyclic amines) is 1. The van der Waals surface area contributed by atoms with Crippen molar-refractivity contribution < 1.29 is 57.8 Å². The van der Waals surface area contributed by atoms with Gasteiger partial charge in [-0.15, -0.1) is 0 Å². The third-order valence-corrected chi connectivity index (χ3v) is 13.7. The van der Waals surface area contributed by atoms with Crippen LogP contribution in [-0.4, -0.2) is 148 Å². The molecule has 71 heavy (non-hydrogen) atoms. The zero-order valence-electron chi connectivity index (χ0n) is 38.9. The van der Waals surface area contributed by atoms with E-state index in [1.807, 2.05) is 0 Å². The molecule has 0 radical (unpaired) electrons. The topological polar surface area (TPSA) is 400 Å². The zero-order valence-corrected chi connectivity index (χ0v) is 40.5. The molecule has 11 amide bonds. The van der Waals surface area contributed by atoms with E-state index < -0.39 is 133 Å². The van der Waals surface area contributed by atoms with Gasteiger partial charge in [-0.05, 0) is 61.9 Å². The fourth-order valence-electron chi connectivity index (χ4n) is 7.60. The molecule has 7 atom stereocenters. The Morgan fingerprint density at radius 1 is 0.732 bits per heavy atom. The molecule has 2 saturated heterocycles. The van der Waals surface area contributed by atoms with Gasteiger partial charge in [0.2, 0.25) is 65.0 Å². The Morgan fingerprint density at radius 3 is 1.97 bits per heavy atom. The number of carbonyl (C=O) groups excluding carboxylic acids is 11. The SMILES string of the molecule is NCCC[C@H](NC(=O)[C@@H]1CCCN1C(=O)[C@@H]1CSSCCC(=O)N[C@@H](Cc2ccc(O)cc2)C(=O)N[C@@H](Cc2ccccc2)C(=O)N[C@@H](CCC(N)=O)C(=O)N[C@@H](CC(N)=O)C(=O)N1)C(=O)NCC(N)=O. The Labute approximate surface area is 417 Å². The summed E-state index contributed by atoms with van der Waals surface area (Å²) in [6.45, 7) is -0.258. The minimum atomic E-state index is -1.75. The van der Waals surface area contributed by atoms with Crippen LogP contribution in [-0.2, 0) is 65.6 Å². The van der Waals surface area contributed by atoms with Crippen LogP contribution in [0.3, 0.4) is 0 Å². The van der Waals surface area contributed by atoms with E-state index in [4.69, 9.17) is 22.9 Å². The first kappa shape index (κ1) is 56.7. The number of aromatic hydroxyl groups is 1. The van der Waals surface area contributed by atoms with Crippen LogP contribution >= 0.6 is 21.6 Å². The van der Waals surface area contributed by atoms with Crippen LogP contribution in [0.1, 0.15) is 62.5 Å². The van der Waals surface area contributed by atoms with Crippen LogP contribution in [0.15, 0.2) is 54.6 Å². The molecule has 2 aliphatic rings. The van der Waals surface area contributed by atoms with Gasteiger partial charge in [-0.3, -0.25) is 52.7 Å². The lowest BCUT2D eigenvalue weighted by atomic mass is 10.0. The molecule has 2 aliphatic heterocycles. The summed E-state index contributed by atoms with van der Waals surface area (Å²) < 4.78 is 0. The van der Waals surface area contributed by atoms with Gasteiger partial charge in [0.15, 0.2) is 0 Å². The lowest BCUT2D eigenvalue weighted by Gasteiger charge is -2.31. The van der Waals surface area contributed by atoms with Crippen LogP contribution in [0, 0.1) is 0 Å². The maximum Gasteiger partial charge on any atom is 0.246 e. The quantitative estimate of drug-likeness (QED) is 0.0641. The highest BCUT2D eigenvalue weighted by Crippen LogP contribution is 2.26. The number of phenolic OH excluding ortho intramolecular Hbond substituents is 1. The van der Waals surface area contributed by atoms with Crippen LogP contribution in [0.25, 0.3) is 0 Å². The summed E-state index contributed by atoms with van der Waals surface area (Å²) >= 11 is 0. The third-order valence-electron chi connectivity index (χ3n) is 11.2. The van der Waals surface area contributed by atoms with E-state index in [9.17, 15) is 57.8 Å². The second-order valence-corrected chi connectivity index (χ2v) is 19.5. The number of nitrogens with one attached hydrogen (secondary N) is 7. The summed E-state index contributed by atoms with van der Waals surface area (Å²) in [7, 11) is 2.21. The van der Waals surface area contributed by atoms with E-state index >= 15 is 0 Å². The molecule has 386 valence electrons. The normalized spacial score (nSPS) is 22.3. The van der Waals surface area contributed by atoms with E-state index in [1.165, 1.54) is 17.0 Å². The number of rotatable bonds is 18. The van der Waals surface area contributed by atoms with E-state index in [1.54, 1.807) is 42.5 Å². The van der Waals surface area contributed by atoms with Gasteiger partial charge in [0.1, 0.15) is 48.0 Å². The largest absolute Gasteiger partial charge is 0.508 e. The first-order valence-electron chi connectivity index (χ1n) is 22.9. The number of amides is 11. The van der Waals surface area contributed by atoms with E-state index in [0.29, 0.717) is 24.0 Å². The summed E-state index contributed by atoms with van der Waals surface area (Å²) in [6, 6.07) is 4.75. The first-order chi connectivity index (χ1) is 33.8. The second-order valence-electron chi connectivity index (χ2n) is 16.8. The molecule has 26 heteroatoms. The lowest BCUT2D eigenvalue weighted by Crippen LogP contribution is -2.61. The molecular formula is C45H62N12O12S2. The van der Waals surface area contributed by atoms with Crippen LogP contribution < -0.4 is 60.2 Å². The number of hydrogen-bond acceptors (Lipinski definition) is 15. The number of primary amides is 3. The number of benzene rings is 2. The van der Waals surface area contributed by atoms with Gasteiger partial charge in [0, 0.05) is 43.7 Å². The van der Waals surface area contributed by atoms with Gasteiger partial charge >= 0.3 is 0 Å². The molecule has 0 aromatic heterocycles. The van der Waals surface area contributed by atoms with Crippen LogP contribution in [0.5, 0.6) is 5.75 Å². The molecule has 2 fully saturated rings. The summed E-state index contributed by atoms with van der Waals surface area (Å²) in [5, 5.41) is 27.8. The van der Waals surface area contributed by atoms with E-state index in [0.717, 1.165) is 21.6 Å². The highest BCUT2D eigenvalue weighted by molar-refractivity contribution is 8.76. The van der Waals surface area contributed by atoms with Crippen LogP contribution in [0.4, 0.5) is 0 Å². The fraction of sp³-hybridized carbons (Fsp3) is 0.489. The average molecular weight is 1030 g/mol. The Morgan fingerprint density at radius 2 is 1.34 bits per heavy atom. The first-order valence-corrected chi connectivity index (χ1v) is 25.3. The Bertz CT molecular complexity index is 2240. The van der Waals surface area contributed by atoms with E-state index in [-0.39, 0.29) is 62.4 Å². The molecule has 0 unspecified atom stereocenters. The Hall–Kier alpha value is -6.93. The molecule has 4 rings (SSSR count). The summed E-state index contributed by atoms with van der Waals surface area (Å²) in [5.74, 6) is -9.32. The number of carbonyl (C=O) groups is 11. The average Bonchev–Trinajstić information content (AvgIpc) is 3.83. The lowest BCUT2D eigenvalue weighted by molar-refractivity contribution is -0.142. The van der Waals surface area contributed by atoms with Gasteiger partial charge in [-0.2, -0.15) is 0 Å². The van der Waals surface area contributed by atoms with Crippen molar-refractivity contribution in [2.75, 3.05) is 31.1 Å². The maximum atomic E-state index is 14.5. The van der Waals surface area contributed by atoms with Crippen molar-refractivity contribution in [3.63, 3.8) is 0 Å². The van der Waals surface area contributed by atoms with Crippen molar-refractivity contribution >= 4 is 86.6 Å². The minimum Gasteiger partial charge on any atom is -0.508 e. The molecule has 16 N–H and O–H groups in total. The predicted molar refractivity (Wildman–Crippen MR) is 261 cm³/mol. The van der Waals surface area contributed by atoms with Crippen molar-refractivity contribution in [3.8, 4) is 5.75 Å². The van der Waals surface area contributed by atoms with Crippen molar-refractivity contribution in [1.29, 1.82) is 0 Å². The molecule has 0 spiro atoms. The molecular weight excluding hydrogens is 965 g/mol. The third kappa shape index (κ3) is 19.1. The minimum absolute atomic E-state index is 0.0365. The fourth-order valence-corrected chi connectivity index (χ4v) is 9.75. The molecule has 2 aromatic carbocycles. The second kappa shape index (κ2) is 28.7. The van der Waals surface area contributed by atoms with Crippen LogP contribution in [0.2, 0.25) is 0 Å². The predicted octanol–water partition coefficient (Wildman–Crippen LogP) is -3.66. The maximum absolute atomic E-state index is 14.5. The summed E-state index contributed by atoms with van der Waals surface area (Å²) in [4.78, 5) is 148. The molecule has 2 heterocycles. The van der Waals surface area contributed by atoms with Gasteiger partial charge in [0.05, 0.1) is 13.0 Å².